The van der Waals surface area contributed by atoms with Gasteiger partial charge in [-0.3, -0.25) is 4.90 Å². The Kier molecular flexibility index (Phi) is 3.97. The predicted molar refractivity (Wildman–Crippen MR) is 86.4 cm³/mol. The van der Waals surface area contributed by atoms with Crippen molar-refractivity contribution >= 4 is 16.7 Å². The summed E-state index contributed by atoms with van der Waals surface area (Å²) in [5.41, 5.74) is 8.16. The monoisotopic (exact) mass is 285 g/mol. The molecule has 0 atom stereocenters. The van der Waals surface area contributed by atoms with E-state index in [4.69, 9.17) is 10.5 Å². The van der Waals surface area contributed by atoms with Gasteiger partial charge in [-0.2, -0.15) is 0 Å². The van der Waals surface area contributed by atoms with Gasteiger partial charge in [-0.05, 0) is 43.5 Å². The fraction of sp³-hybridized carbons (Fsp3) is 0.471. The summed E-state index contributed by atoms with van der Waals surface area (Å²) in [6.45, 7) is 5.32. The molecule has 0 unspecified atom stereocenters. The second kappa shape index (κ2) is 5.90. The third-order valence-corrected chi connectivity index (χ3v) is 4.19. The van der Waals surface area contributed by atoms with Crippen molar-refractivity contribution in [2.75, 3.05) is 25.9 Å². The number of pyridine rings is 1. The van der Waals surface area contributed by atoms with Crippen molar-refractivity contribution in [1.29, 1.82) is 0 Å². The molecule has 1 aromatic heterocycles. The molecule has 4 heteroatoms. The maximum absolute atomic E-state index is 6.15. The average Bonchev–Trinajstić information content (AvgIpc) is 3.30. The summed E-state index contributed by atoms with van der Waals surface area (Å²) >= 11 is 0. The summed E-state index contributed by atoms with van der Waals surface area (Å²) < 4.78 is 5.24. The molecule has 0 saturated heterocycles. The Morgan fingerprint density at radius 3 is 2.81 bits per heavy atom. The topological polar surface area (TPSA) is 51.4 Å². The van der Waals surface area contributed by atoms with Gasteiger partial charge in [0, 0.05) is 30.1 Å². The summed E-state index contributed by atoms with van der Waals surface area (Å²) in [5, 5.41) is 1.11. The van der Waals surface area contributed by atoms with Gasteiger partial charge in [-0.1, -0.05) is 6.92 Å². The van der Waals surface area contributed by atoms with Crippen LogP contribution in [-0.2, 0) is 6.54 Å². The van der Waals surface area contributed by atoms with Crippen LogP contribution < -0.4 is 10.5 Å². The minimum atomic E-state index is 0.630. The first kappa shape index (κ1) is 14.1. The quantitative estimate of drug-likeness (QED) is 0.886. The van der Waals surface area contributed by atoms with Crippen molar-refractivity contribution in [2.24, 2.45) is 5.92 Å². The fourth-order valence-electron chi connectivity index (χ4n) is 2.67. The molecule has 2 aromatic rings. The molecule has 0 radical (unpaired) electrons. The molecule has 112 valence electrons. The molecular formula is C17H23N3O. The normalized spacial score (nSPS) is 14.8. The number of nitrogen functional groups attached to an aromatic ring is 1. The molecule has 0 bridgehead atoms. The van der Waals surface area contributed by atoms with E-state index in [1.807, 2.05) is 18.2 Å². The third-order valence-electron chi connectivity index (χ3n) is 4.19. The molecule has 1 fully saturated rings. The van der Waals surface area contributed by atoms with E-state index in [0.717, 1.165) is 41.2 Å². The minimum Gasteiger partial charge on any atom is -0.497 e. The summed E-state index contributed by atoms with van der Waals surface area (Å²) in [6.07, 6.45) is 2.75. The highest BCUT2D eigenvalue weighted by Crippen LogP contribution is 2.30. The smallest absolute Gasteiger partial charge is 0.128 e. The number of hydrogen-bond acceptors (Lipinski definition) is 4. The van der Waals surface area contributed by atoms with Crippen LogP contribution >= 0.6 is 0 Å². The Balaban J connectivity index is 1.85. The van der Waals surface area contributed by atoms with Crippen molar-refractivity contribution in [2.45, 2.75) is 26.3 Å². The number of rotatable bonds is 6. The summed E-state index contributed by atoms with van der Waals surface area (Å²) in [4.78, 5) is 7.00. The molecule has 1 heterocycles. The van der Waals surface area contributed by atoms with Crippen LogP contribution in [0.2, 0.25) is 0 Å². The largest absolute Gasteiger partial charge is 0.497 e. The lowest BCUT2D eigenvalue weighted by Crippen LogP contribution is -2.25. The van der Waals surface area contributed by atoms with Gasteiger partial charge in [0.25, 0.3) is 0 Å². The molecule has 3 rings (SSSR count). The number of nitrogens with two attached hydrogens (primary N) is 1. The van der Waals surface area contributed by atoms with Crippen LogP contribution in [0.5, 0.6) is 5.75 Å². The number of aromatic nitrogens is 1. The van der Waals surface area contributed by atoms with Crippen molar-refractivity contribution in [3.8, 4) is 5.75 Å². The maximum atomic E-state index is 6.15. The number of benzene rings is 1. The number of nitrogens with zero attached hydrogens (tertiary/aromatic N) is 2. The van der Waals surface area contributed by atoms with E-state index in [-0.39, 0.29) is 0 Å². The maximum Gasteiger partial charge on any atom is 0.128 e. The third kappa shape index (κ3) is 3.27. The van der Waals surface area contributed by atoms with Crippen molar-refractivity contribution in [1.82, 2.24) is 9.88 Å². The standard InChI is InChI=1S/C17H23N3O/c1-3-20(10-12-4-5-12)11-14-8-13-6-7-15(21-2)9-16(13)19-17(14)18/h6-9,12H,3-5,10-11H2,1-2H3,(H2,18,19). The molecule has 1 aliphatic carbocycles. The lowest BCUT2D eigenvalue weighted by Gasteiger charge is -2.21. The van der Waals surface area contributed by atoms with Crippen LogP contribution in [0.1, 0.15) is 25.3 Å². The molecule has 0 spiro atoms. The van der Waals surface area contributed by atoms with E-state index in [9.17, 15) is 0 Å². The number of anilines is 1. The van der Waals surface area contributed by atoms with Crippen molar-refractivity contribution in [3.63, 3.8) is 0 Å². The summed E-state index contributed by atoms with van der Waals surface area (Å²) in [6, 6.07) is 8.09. The first-order valence-electron chi connectivity index (χ1n) is 7.65. The highest BCUT2D eigenvalue weighted by Gasteiger charge is 2.24. The lowest BCUT2D eigenvalue weighted by molar-refractivity contribution is 0.269. The molecule has 1 saturated carbocycles. The molecule has 1 aromatic carbocycles. The van der Waals surface area contributed by atoms with E-state index < -0.39 is 0 Å². The van der Waals surface area contributed by atoms with Crippen LogP contribution in [0.25, 0.3) is 10.9 Å². The van der Waals surface area contributed by atoms with Gasteiger partial charge in [-0.25, -0.2) is 4.98 Å². The second-order valence-corrected chi connectivity index (χ2v) is 5.86. The second-order valence-electron chi connectivity index (χ2n) is 5.86. The van der Waals surface area contributed by atoms with Gasteiger partial charge in [0.1, 0.15) is 11.6 Å². The summed E-state index contributed by atoms with van der Waals surface area (Å²) in [7, 11) is 1.66. The van der Waals surface area contributed by atoms with Gasteiger partial charge in [0.05, 0.1) is 12.6 Å². The average molecular weight is 285 g/mol. The highest BCUT2D eigenvalue weighted by atomic mass is 16.5. The molecule has 0 amide bonds. The van der Waals surface area contributed by atoms with Gasteiger partial charge in [-0.15, -0.1) is 0 Å². The van der Waals surface area contributed by atoms with E-state index in [1.54, 1.807) is 7.11 Å². The van der Waals surface area contributed by atoms with Crippen LogP contribution in [0, 0.1) is 5.92 Å². The highest BCUT2D eigenvalue weighted by molar-refractivity contribution is 5.82. The summed E-state index contributed by atoms with van der Waals surface area (Å²) in [5.74, 6) is 2.33. The van der Waals surface area contributed by atoms with E-state index in [1.165, 1.54) is 19.4 Å². The predicted octanol–water partition coefficient (Wildman–Crippen LogP) is 3.06. The molecule has 1 aliphatic rings. The SMILES string of the molecule is CCN(Cc1cc2ccc(OC)cc2nc1N)CC1CC1. The molecule has 0 aliphatic heterocycles. The van der Waals surface area contributed by atoms with E-state index in [0.29, 0.717) is 5.82 Å². The first-order valence-corrected chi connectivity index (χ1v) is 7.65. The van der Waals surface area contributed by atoms with Gasteiger partial charge < -0.3 is 10.5 Å². The Morgan fingerprint density at radius 1 is 1.33 bits per heavy atom. The van der Waals surface area contributed by atoms with E-state index in [2.05, 4.69) is 22.9 Å². The number of fused-ring (bicyclic) bond motifs is 1. The van der Waals surface area contributed by atoms with Gasteiger partial charge >= 0.3 is 0 Å². The van der Waals surface area contributed by atoms with Gasteiger partial charge in [0.15, 0.2) is 0 Å². The zero-order valence-electron chi connectivity index (χ0n) is 12.8. The lowest BCUT2D eigenvalue weighted by atomic mass is 10.1. The molecule has 21 heavy (non-hydrogen) atoms. The molecule has 4 nitrogen and oxygen atoms in total. The Morgan fingerprint density at radius 2 is 2.14 bits per heavy atom. The van der Waals surface area contributed by atoms with E-state index >= 15 is 0 Å². The first-order chi connectivity index (χ1) is 10.2. The van der Waals surface area contributed by atoms with Crippen LogP contribution in [0.4, 0.5) is 5.82 Å². The van der Waals surface area contributed by atoms with Crippen molar-refractivity contribution in [3.05, 3.63) is 29.8 Å². The zero-order chi connectivity index (χ0) is 14.8. The van der Waals surface area contributed by atoms with Crippen LogP contribution in [0.3, 0.4) is 0 Å². The van der Waals surface area contributed by atoms with Gasteiger partial charge in [0.2, 0.25) is 0 Å². The number of ether oxygens (including phenoxy) is 1. The Labute approximate surface area is 125 Å². The molecular weight excluding hydrogens is 262 g/mol. The number of methoxy groups -OCH3 is 1. The Bertz CT molecular complexity index is 637. The number of hydrogen-bond donors (Lipinski definition) is 1. The minimum absolute atomic E-state index is 0.630. The zero-order valence-corrected chi connectivity index (χ0v) is 12.8. The fourth-order valence-corrected chi connectivity index (χ4v) is 2.67. The van der Waals surface area contributed by atoms with Crippen LogP contribution in [-0.4, -0.2) is 30.1 Å². The van der Waals surface area contributed by atoms with Crippen molar-refractivity contribution < 1.29 is 4.74 Å². The van der Waals surface area contributed by atoms with Crippen LogP contribution in [0.15, 0.2) is 24.3 Å². The molecule has 2 N–H and O–H groups in total. The Hall–Kier alpha value is -1.81.